The summed E-state index contributed by atoms with van der Waals surface area (Å²) in [6.45, 7) is -0.680. The standard InChI is InChI=1S/C28H42N2O28S2/c1-6(32)29-12-20(18(58-60(47,48)49)11(51-25(12)43)5-50-59(44,45)46)55-28-17(38)16(37)21(22(57-28)24(41)42)56-26-13(30-7(2)33)19(15(36)10(4-31)53-26)54-27-14(35)8(34)3-9(52-27)23(39)40/h3,8,10-22,25-28,31,34-38,43H,4-5H2,1-2H3,(H,29,32)(H,30,33)(H,39,40)(H,41,42)(H,44,45,46)(H,47,48,49). The summed E-state index contributed by atoms with van der Waals surface area (Å²) >= 11 is 0. The first-order chi connectivity index (χ1) is 27.7. The number of carboxylic acid groups (broad SMARTS) is 2. The second-order valence-corrected chi connectivity index (χ2v) is 15.4. The lowest BCUT2D eigenvalue weighted by Crippen LogP contribution is -2.70. The van der Waals surface area contributed by atoms with Crippen LogP contribution in [0.1, 0.15) is 13.8 Å². The largest absolute Gasteiger partial charge is 0.479 e. The molecule has 0 aromatic rings. The van der Waals surface area contributed by atoms with E-state index < -0.39 is 174 Å². The first-order valence-corrected chi connectivity index (χ1v) is 19.7. The summed E-state index contributed by atoms with van der Waals surface area (Å²) in [5, 5.41) is 98.8. The molecule has 60 heavy (non-hydrogen) atoms. The third-order valence-corrected chi connectivity index (χ3v) is 9.84. The summed E-state index contributed by atoms with van der Waals surface area (Å²) in [5.74, 6) is -6.60. The number of aliphatic carboxylic acids is 2. The van der Waals surface area contributed by atoms with Gasteiger partial charge in [-0.25, -0.2) is 18.0 Å². The van der Waals surface area contributed by atoms with E-state index in [0.717, 1.165) is 13.8 Å². The van der Waals surface area contributed by atoms with Crippen molar-refractivity contribution in [3.05, 3.63) is 11.8 Å². The average Bonchev–Trinajstić information content (AvgIpc) is 3.12. The third-order valence-electron chi connectivity index (χ3n) is 8.94. The lowest BCUT2D eigenvalue weighted by molar-refractivity contribution is -0.362. The van der Waals surface area contributed by atoms with E-state index in [4.69, 9.17) is 37.7 Å². The highest BCUT2D eigenvalue weighted by Gasteiger charge is 2.57. The van der Waals surface area contributed by atoms with Gasteiger partial charge in [0.05, 0.1) is 13.2 Å². The minimum absolute atomic E-state index is 0.613. The molecule has 32 heteroatoms. The van der Waals surface area contributed by atoms with E-state index in [1.165, 1.54) is 0 Å². The molecule has 4 aliphatic heterocycles. The fraction of sp³-hybridized carbons (Fsp3) is 0.786. The van der Waals surface area contributed by atoms with Crippen molar-refractivity contribution in [1.29, 1.82) is 0 Å². The molecule has 4 rings (SSSR count). The molecule has 18 atom stereocenters. The molecule has 4 aliphatic rings. The van der Waals surface area contributed by atoms with E-state index in [1.54, 1.807) is 0 Å². The molecule has 344 valence electrons. The molecule has 3 saturated heterocycles. The topological polar surface area (TPSA) is 466 Å². The third kappa shape index (κ3) is 12.2. The zero-order valence-electron chi connectivity index (χ0n) is 30.6. The molecule has 0 spiro atoms. The van der Waals surface area contributed by atoms with Crippen molar-refractivity contribution in [2.24, 2.45) is 0 Å². The molecule has 0 bridgehead atoms. The van der Waals surface area contributed by atoms with Crippen LogP contribution in [0.5, 0.6) is 0 Å². The number of carboxylic acids is 2. The Morgan fingerprint density at radius 3 is 1.80 bits per heavy atom. The van der Waals surface area contributed by atoms with Gasteiger partial charge in [-0.2, -0.15) is 16.8 Å². The van der Waals surface area contributed by atoms with Gasteiger partial charge in [0.2, 0.25) is 23.9 Å². The number of nitrogens with one attached hydrogen (secondary N) is 2. The van der Waals surface area contributed by atoms with Gasteiger partial charge in [0.1, 0.15) is 79.2 Å². The minimum atomic E-state index is -5.62. The van der Waals surface area contributed by atoms with Crippen molar-refractivity contribution in [2.75, 3.05) is 13.2 Å². The number of hydrogen-bond acceptors (Lipinski definition) is 24. The molecule has 13 N–H and O–H groups in total. The summed E-state index contributed by atoms with van der Waals surface area (Å²) < 4.78 is 111. The number of aliphatic hydroxyl groups excluding tert-OH is 7. The molecule has 0 saturated carbocycles. The number of rotatable bonds is 16. The predicted molar refractivity (Wildman–Crippen MR) is 177 cm³/mol. The van der Waals surface area contributed by atoms with Crippen LogP contribution in [0.15, 0.2) is 11.8 Å². The molecule has 3 fully saturated rings. The second-order valence-electron chi connectivity index (χ2n) is 13.3. The van der Waals surface area contributed by atoms with E-state index in [2.05, 4.69) is 19.0 Å². The highest BCUT2D eigenvalue weighted by atomic mass is 32.3. The maximum absolute atomic E-state index is 12.6. The SMILES string of the molecule is CC(=O)NC1C(OC2C(C(=O)O)OC(OC3C(NC(C)=O)C(O)OC(COS(=O)(=O)O)C3OS(=O)(=O)O)C(O)C2O)OC(CO)C(O)C1OC1OC(C(=O)O)=CC(O)C1O. The maximum Gasteiger partial charge on any atom is 0.397 e. The van der Waals surface area contributed by atoms with Crippen LogP contribution in [-0.2, 0) is 81.5 Å². The summed E-state index contributed by atoms with van der Waals surface area (Å²) in [5.41, 5.74) is 0. The number of ether oxygens (including phenoxy) is 7. The van der Waals surface area contributed by atoms with Crippen molar-refractivity contribution in [3.63, 3.8) is 0 Å². The van der Waals surface area contributed by atoms with Crippen LogP contribution in [0.4, 0.5) is 0 Å². The van der Waals surface area contributed by atoms with Crippen LogP contribution in [0.3, 0.4) is 0 Å². The Hall–Kier alpha value is -3.36. The van der Waals surface area contributed by atoms with E-state index >= 15 is 0 Å². The fourth-order valence-electron chi connectivity index (χ4n) is 6.39. The number of carbonyl (C=O) groups excluding carboxylic acids is 2. The number of aliphatic hydroxyl groups is 7. The summed E-state index contributed by atoms with van der Waals surface area (Å²) in [4.78, 5) is 48.6. The molecule has 0 aromatic carbocycles. The average molecular weight is 919 g/mol. The van der Waals surface area contributed by atoms with Gasteiger partial charge in [-0.15, -0.1) is 0 Å². The highest BCUT2D eigenvalue weighted by molar-refractivity contribution is 7.81. The van der Waals surface area contributed by atoms with E-state index in [1.807, 2.05) is 0 Å². The Balaban J connectivity index is 1.68. The molecular weight excluding hydrogens is 876 g/mol. The lowest BCUT2D eigenvalue weighted by Gasteiger charge is -2.49. The molecule has 4 heterocycles. The Labute approximate surface area is 336 Å². The Morgan fingerprint density at radius 1 is 0.683 bits per heavy atom. The smallest absolute Gasteiger partial charge is 0.397 e. The lowest BCUT2D eigenvalue weighted by atomic mass is 9.94. The van der Waals surface area contributed by atoms with Crippen LogP contribution in [0, 0.1) is 0 Å². The van der Waals surface area contributed by atoms with Crippen LogP contribution >= 0.6 is 0 Å². The fourth-order valence-corrected chi connectivity index (χ4v) is 7.21. The van der Waals surface area contributed by atoms with Gasteiger partial charge in [-0.1, -0.05) is 0 Å². The molecular formula is C28H42N2O28S2. The minimum Gasteiger partial charge on any atom is -0.479 e. The predicted octanol–water partition coefficient (Wildman–Crippen LogP) is -8.47. The van der Waals surface area contributed by atoms with Gasteiger partial charge in [0, 0.05) is 13.8 Å². The van der Waals surface area contributed by atoms with Gasteiger partial charge < -0.3 is 89.8 Å². The van der Waals surface area contributed by atoms with E-state index in [9.17, 15) is 86.5 Å². The zero-order chi connectivity index (χ0) is 45.2. The molecule has 30 nitrogen and oxygen atoms in total. The maximum atomic E-state index is 12.6. The second kappa shape index (κ2) is 19.8. The van der Waals surface area contributed by atoms with Gasteiger partial charge in [-0.05, 0) is 6.08 Å². The highest BCUT2D eigenvalue weighted by Crippen LogP contribution is 2.35. The Bertz CT molecular complexity index is 1820. The molecule has 2 amide bonds. The molecule has 0 radical (unpaired) electrons. The van der Waals surface area contributed by atoms with Gasteiger partial charge in [0.15, 0.2) is 25.0 Å². The van der Waals surface area contributed by atoms with Gasteiger partial charge in [-0.3, -0.25) is 18.7 Å². The van der Waals surface area contributed by atoms with Gasteiger partial charge in [0.25, 0.3) is 0 Å². The monoisotopic (exact) mass is 918 g/mol. The molecule has 18 unspecified atom stereocenters. The number of carbonyl (C=O) groups is 4. The van der Waals surface area contributed by atoms with Crippen molar-refractivity contribution >= 4 is 44.6 Å². The van der Waals surface area contributed by atoms with Crippen molar-refractivity contribution < 1.29 is 133 Å². The van der Waals surface area contributed by atoms with E-state index in [-0.39, 0.29) is 0 Å². The van der Waals surface area contributed by atoms with Crippen LogP contribution < -0.4 is 10.6 Å². The molecule has 0 aromatic heterocycles. The first-order valence-electron chi connectivity index (χ1n) is 17.0. The quantitative estimate of drug-likeness (QED) is 0.0639. The summed E-state index contributed by atoms with van der Waals surface area (Å²) in [6.07, 6.45) is -34.9. The van der Waals surface area contributed by atoms with Crippen molar-refractivity contribution in [2.45, 2.75) is 124 Å². The van der Waals surface area contributed by atoms with Crippen molar-refractivity contribution in [3.8, 4) is 0 Å². The number of amides is 2. The molecule has 0 aliphatic carbocycles. The zero-order valence-corrected chi connectivity index (χ0v) is 32.2. The normalized spacial score (nSPS) is 40.1. The first kappa shape index (κ1) is 49.3. The summed E-state index contributed by atoms with van der Waals surface area (Å²) in [7, 11) is -10.9. The van der Waals surface area contributed by atoms with Gasteiger partial charge >= 0.3 is 32.7 Å². The van der Waals surface area contributed by atoms with E-state index in [0.29, 0.717) is 6.08 Å². The number of hydrogen-bond donors (Lipinski definition) is 13. The van der Waals surface area contributed by atoms with Crippen LogP contribution in [-0.4, -0.2) is 219 Å². The summed E-state index contributed by atoms with van der Waals surface area (Å²) in [6, 6.07) is -3.88. The Kier molecular flexibility index (Phi) is 16.3. The van der Waals surface area contributed by atoms with Crippen LogP contribution in [0.2, 0.25) is 0 Å². The Morgan fingerprint density at radius 2 is 1.27 bits per heavy atom. The van der Waals surface area contributed by atoms with Crippen LogP contribution in [0.25, 0.3) is 0 Å². The van der Waals surface area contributed by atoms with Crippen molar-refractivity contribution in [1.82, 2.24) is 10.6 Å².